The molecule has 110 valence electrons. The van der Waals surface area contributed by atoms with Crippen molar-refractivity contribution in [2.45, 2.75) is 26.2 Å². The van der Waals surface area contributed by atoms with Gasteiger partial charge in [-0.25, -0.2) is 4.79 Å². The number of hydrogen-bond donors (Lipinski definition) is 1. The number of nitrogens with two attached hydrogens (primary N) is 1. The monoisotopic (exact) mass is 276 g/mol. The highest BCUT2D eigenvalue weighted by Crippen LogP contribution is 2.34. The maximum Gasteiger partial charge on any atom is 0.409 e. The number of carbonyl (C=O) groups is 1. The van der Waals surface area contributed by atoms with Gasteiger partial charge < -0.3 is 15.4 Å². The van der Waals surface area contributed by atoms with Gasteiger partial charge in [-0.3, -0.25) is 0 Å². The van der Waals surface area contributed by atoms with Crippen molar-refractivity contribution in [2.75, 3.05) is 26.7 Å². The van der Waals surface area contributed by atoms with Crippen LogP contribution >= 0.6 is 0 Å². The molecule has 1 fully saturated rings. The van der Waals surface area contributed by atoms with Gasteiger partial charge in [-0.2, -0.15) is 0 Å². The van der Waals surface area contributed by atoms with Gasteiger partial charge in [-0.1, -0.05) is 23.8 Å². The maximum atomic E-state index is 11.7. The first-order chi connectivity index (χ1) is 9.56. The topological polar surface area (TPSA) is 55.6 Å². The third kappa shape index (κ3) is 2.96. The van der Waals surface area contributed by atoms with E-state index in [9.17, 15) is 4.79 Å². The molecule has 1 aliphatic heterocycles. The summed E-state index contributed by atoms with van der Waals surface area (Å²) in [4.78, 5) is 13.4. The second-order valence-electron chi connectivity index (χ2n) is 5.67. The van der Waals surface area contributed by atoms with E-state index in [0.29, 0.717) is 24.9 Å². The predicted molar refractivity (Wildman–Crippen MR) is 79.8 cm³/mol. The Morgan fingerprint density at radius 2 is 2.20 bits per heavy atom. The fourth-order valence-corrected chi connectivity index (χ4v) is 3.13. The summed E-state index contributed by atoms with van der Waals surface area (Å²) in [6.45, 7) is 6.27. The molecule has 2 atom stereocenters. The van der Waals surface area contributed by atoms with E-state index in [1.807, 2.05) is 0 Å². The molecule has 0 saturated carbocycles. The van der Waals surface area contributed by atoms with Crippen LogP contribution in [0.3, 0.4) is 0 Å². The van der Waals surface area contributed by atoms with Crippen LogP contribution in [-0.2, 0) is 4.74 Å². The van der Waals surface area contributed by atoms with E-state index in [-0.39, 0.29) is 6.09 Å². The number of nitrogens with zero attached hydrogens (tertiary/aromatic N) is 1. The molecule has 0 aliphatic carbocycles. The van der Waals surface area contributed by atoms with Gasteiger partial charge in [0.15, 0.2) is 0 Å². The summed E-state index contributed by atoms with van der Waals surface area (Å²) >= 11 is 0. The van der Waals surface area contributed by atoms with Crippen LogP contribution in [0.2, 0.25) is 0 Å². The standard InChI is InChI=1S/C16H24N2O2/c1-11-4-5-12(2)15(8-11)14-6-7-18(16(19)20-3)10-13(14)9-17/h4-5,8,13-14H,6-7,9-10,17H2,1-3H3. The van der Waals surface area contributed by atoms with Gasteiger partial charge in [0.05, 0.1) is 7.11 Å². The number of benzene rings is 1. The molecular formula is C16H24N2O2. The van der Waals surface area contributed by atoms with E-state index in [0.717, 1.165) is 13.0 Å². The van der Waals surface area contributed by atoms with Gasteiger partial charge in [0, 0.05) is 13.1 Å². The summed E-state index contributed by atoms with van der Waals surface area (Å²) in [5, 5.41) is 0. The van der Waals surface area contributed by atoms with Crippen LogP contribution in [0.15, 0.2) is 18.2 Å². The molecule has 4 nitrogen and oxygen atoms in total. The van der Waals surface area contributed by atoms with Crippen LogP contribution in [0.25, 0.3) is 0 Å². The summed E-state index contributed by atoms with van der Waals surface area (Å²) in [6, 6.07) is 6.57. The lowest BCUT2D eigenvalue weighted by Gasteiger charge is -2.38. The SMILES string of the molecule is COC(=O)N1CCC(c2cc(C)ccc2C)C(CN)C1. The molecule has 2 N–H and O–H groups in total. The van der Waals surface area contributed by atoms with E-state index >= 15 is 0 Å². The Morgan fingerprint density at radius 1 is 1.45 bits per heavy atom. The van der Waals surface area contributed by atoms with Crippen molar-refractivity contribution in [2.24, 2.45) is 11.7 Å². The number of aryl methyl sites for hydroxylation is 2. The molecule has 4 heteroatoms. The number of piperidine rings is 1. The number of carbonyl (C=O) groups excluding carboxylic acids is 1. The molecule has 1 heterocycles. The largest absolute Gasteiger partial charge is 0.453 e. The van der Waals surface area contributed by atoms with Crippen molar-refractivity contribution in [3.63, 3.8) is 0 Å². The Hall–Kier alpha value is -1.55. The zero-order chi connectivity index (χ0) is 14.7. The molecule has 2 unspecified atom stereocenters. The molecule has 0 bridgehead atoms. The number of amides is 1. The molecule has 20 heavy (non-hydrogen) atoms. The Balaban J connectivity index is 2.21. The molecule has 0 aromatic heterocycles. The number of methoxy groups -OCH3 is 1. The molecule has 2 rings (SSSR count). The third-order valence-corrected chi connectivity index (χ3v) is 4.30. The number of hydrogen-bond acceptors (Lipinski definition) is 3. The van der Waals surface area contributed by atoms with E-state index in [4.69, 9.17) is 10.5 Å². The summed E-state index contributed by atoms with van der Waals surface area (Å²) in [7, 11) is 1.43. The highest BCUT2D eigenvalue weighted by Gasteiger charge is 2.32. The Bertz CT molecular complexity index is 487. The maximum absolute atomic E-state index is 11.7. The van der Waals surface area contributed by atoms with Gasteiger partial charge in [-0.05, 0) is 49.8 Å². The minimum absolute atomic E-state index is 0.247. The molecule has 0 spiro atoms. The van der Waals surface area contributed by atoms with Crippen LogP contribution in [0.4, 0.5) is 4.79 Å². The predicted octanol–water partition coefficient (Wildman–Crippen LogP) is 2.43. The normalized spacial score (nSPS) is 22.7. The first-order valence-corrected chi connectivity index (χ1v) is 7.17. The highest BCUT2D eigenvalue weighted by atomic mass is 16.5. The first-order valence-electron chi connectivity index (χ1n) is 7.17. The van der Waals surface area contributed by atoms with E-state index < -0.39 is 0 Å². The van der Waals surface area contributed by atoms with Gasteiger partial charge in [0.2, 0.25) is 0 Å². The fraction of sp³-hybridized carbons (Fsp3) is 0.562. The van der Waals surface area contributed by atoms with E-state index in [1.54, 1.807) is 4.90 Å². The zero-order valence-corrected chi connectivity index (χ0v) is 12.6. The van der Waals surface area contributed by atoms with Crippen molar-refractivity contribution in [1.29, 1.82) is 0 Å². The van der Waals surface area contributed by atoms with Crippen molar-refractivity contribution >= 4 is 6.09 Å². The Morgan fingerprint density at radius 3 is 2.85 bits per heavy atom. The Kier molecular flexibility index (Phi) is 4.65. The minimum Gasteiger partial charge on any atom is -0.453 e. The van der Waals surface area contributed by atoms with Crippen molar-refractivity contribution in [3.05, 3.63) is 34.9 Å². The molecule has 1 saturated heterocycles. The average molecular weight is 276 g/mol. The summed E-state index contributed by atoms with van der Waals surface area (Å²) in [5.74, 6) is 0.726. The van der Waals surface area contributed by atoms with Crippen LogP contribution in [-0.4, -0.2) is 37.7 Å². The molecule has 1 amide bonds. The quantitative estimate of drug-likeness (QED) is 0.902. The summed E-state index contributed by atoms with van der Waals surface area (Å²) < 4.78 is 4.81. The van der Waals surface area contributed by atoms with Gasteiger partial charge in [-0.15, -0.1) is 0 Å². The lowest BCUT2D eigenvalue weighted by molar-refractivity contribution is 0.0970. The summed E-state index contributed by atoms with van der Waals surface area (Å²) in [6.07, 6.45) is 0.698. The molecule has 1 aromatic rings. The molecule has 1 aliphatic rings. The number of likely N-dealkylation sites (tertiary alicyclic amines) is 1. The lowest BCUT2D eigenvalue weighted by Crippen LogP contribution is -2.45. The molecule has 0 radical (unpaired) electrons. The average Bonchev–Trinajstić information content (AvgIpc) is 2.48. The van der Waals surface area contributed by atoms with Crippen molar-refractivity contribution in [3.8, 4) is 0 Å². The van der Waals surface area contributed by atoms with Crippen molar-refractivity contribution in [1.82, 2.24) is 4.90 Å². The highest BCUT2D eigenvalue weighted by molar-refractivity contribution is 5.67. The van der Waals surface area contributed by atoms with Crippen LogP contribution in [0.5, 0.6) is 0 Å². The van der Waals surface area contributed by atoms with E-state index in [1.165, 1.54) is 23.8 Å². The minimum atomic E-state index is -0.247. The lowest BCUT2D eigenvalue weighted by atomic mass is 9.78. The fourth-order valence-electron chi connectivity index (χ4n) is 3.13. The van der Waals surface area contributed by atoms with Gasteiger partial charge in [0.25, 0.3) is 0 Å². The van der Waals surface area contributed by atoms with Crippen LogP contribution < -0.4 is 5.73 Å². The van der Waals surface area contributed by atoms with Crippen LogP contribution in [0.1, 0.15) is 29.0 Å². The van der Waals surface area contributed by atoms with Crippen LogP contribution in [0, 0.1) is 19.8 Å². The number of rotatable bonds is 2. The first kappa shape index (κ1) is 14.9. The Labute approximate surface area is 120 Å². The third-order valence-electron chi connectivity index (χ3n) is 4.30. The zero-order valence-electron chi connectivity index (χ0n) is 12.6. The molecule has 1 aromatic carbocycles. The molecular weight excluding hydrogens is 252 g/mol. The van der Waals surface area contributed by atoms with E-state index in [2.05, 4.69) is 32.0 Å². The van der Waals surface area contributed by atoms with Gasteiger partial charge >= 0.3 is 6.09 Å². The smallest absolute Gasteiger partial charge is 0.409 e. The van der Waals surface area contributed by atoms with Gasteiger partial charge in [0.1, 0.15) is 0 Å². The second-order valence-corrected chi connectivity index (χ2v) is 5.67. The summed E-state index contributed by atoms with van der Waals surface area (Å²) in [5.41, 5.74) is 9.91. The van der Waals surface area contributed by atoms with Crippen molar-refractivity contribution < 1.29 is 9.53 Å². The number of ether oxygens (including phenoxy) is 1. The second kappa shape index (κ2) is 6.27.